The van der Waals surface area contributed by atoms with Crippen LogP contribution >= 0.6 is 11.3 Å². The molecule has 0 spiro atoms. The summed E-state index contributed by atoms with van der Waals surface area (Å²) in [4.78, 5) is 8.53. The zero-order valence-corrected chi connectivity index (χ0v) is 10.5. The Labute approximate surface area is 104 Å². The fourth-order valence-electron chi connectivity index (χ4n) is 1.57. The minimum Gasteiger partial charge on any atom is -0.495 e. The summed E-state index contributed by atoms with van der Waals surface area (Å²) < 4.78 is 5.14. The van der Waals surface area contributed by atoms with Crippen molar-refractivity contribution in [1.82, 2.24) is 15.4 Å². The normalized spacial score (nSPS) is 12.4. The number of ether oxygens (including phenoxy) is 1. The van der Waals surface area contributed by atoms with Gasteiger partial charge in [0.15, 0.2) is 0 Å². The molecule has 0 aromatic carbocycles. The number of aryl methyl sites for hydroxylation is 1. The van der Waals surface area contributed by atoms with Gasteiger partial charge in [-0.15, -0.1) is 11.3 Å². The summed E-state index contributed by atoms with van der Waals surface area (Å²) in [6.07, 6.45) is 3.41. The highest BCUT2D eigenvalue weighted by Gasteiger charge is 2.16. The van der Waals surface area contributed by atoms with Gasteiger partial charge in [-0.1, -0.05) is 0 Å². The lowest BCUT2D eigenvalue weighted by Gasteiger charge is -2.14. The van der Waals surface area contributed by atoms with Crippen LogP contribution in [0.1, 0.15) is 22.3 Å². The van der Waals surface area contributed by atoms with Crippen LogP contribution in [0.3, 0.4) is 0 Å². The Morgan fingerprint density at radius 2 is 2.29 bits per heavy atom. The molecule has 0 saturated heterocycles. The second-order valence-corrected chi connectivity index (χ2v) is 4.61. The predicted molar refractivity (Wildman–Crippen MR) is 66.8 cm³/mol. The molecule has 2 heterocycles. The van der Waals surface area contributed by atoms with Gasteiger partial charge in [0.25, 0.3) is 0 Å². The summed E-state index contributed by atoms with van der Waals surface area (Å²) in [6.45, 7) is 1.96. The first-order chi connectivity index (χ1) is 8.24. The number of hydrogen-bond acceptors (Lipinski definition) is 6. The molecule has 0 amide bonds. The number of methoxy groups -OCH3 is 1. The van der Waals surface area contributed by atoms with Crippen LogP contribution in [0.4, 0.5) is 0 Å². The molecule has 6 heteroatoms. The summed E-state index contributed by atoms with van der Waals surface area (Å²) in [5, 5.41) is 3.00. The lowest BCUT2D eigenvalue weighted by molar-refractivity contribution is 0.411. The maximum absolute atomic E-state index is 5.58. The lowest BCUT2D eigenvalue weighted by Crippen LogP contribution is -2.29. The van der Waals surface area contributed by atoms with Gasteiger partial charge in [-0.25, -0.2) is 10.4 Å². The highest BCUT2D eigenvalue weighted by atomic mass is 32.1. The Morgan fingerprint density at radius 3 is 2.88 bits per heavy atom. The summed E-state index contributed by atoms with van der Waals surface area (Å²) in [7, 11) is 1.61. The van der Waals surface area contributed by atoms with E-state index in [1.54, 1.807) is 30.8 Å². The number of pyridine rings is 1. The van der Waals surface area contributed by atoms with Crippen molar-refractivity contribution >= 4 is 11.3 Å². The van der Waals surface area contributed by atoms with Gasteiger partial charge in [-0.3, -0.25) is 10.8 Å². The number of thiazole rings is 1. The van der Waals surface area contributed by atoms with Crippen LogP contribution in [0.15, 0.2) is 23.8 Å². The Kier molecular flexibility index (Phi) is 3.68. The summed E-state index contributed by atoms with van der Waals surface area (Å²) >= 11 is 1.59. The Hall–Kier alpha value is -1.50. The molecule has 1 unspecified atom stereocenters. The van der Waals surface area contributed by atoms with Crippen LogP contribution in [-0.2, 0) is 0 Å². The third-order valence-electron chi connectivity index (χ3n) is 2.40. The third-order valence-corrected chi connectivity index (χ3v) is 3.19. The van der Waals surface area contributed by atoms with Gasteiger partial charge >= 0.3 is 0 Å². The van der Waals surface area contributed by atoms with E-state index < -0.39 is 0 Å². The monoisotopic (exact) mass is 250 g/mol. The first kappa shape index (κ1) is 12.0. The molecular weight excluding hydrogens is 236 g/mol. The van der Waals surface area contributed by atoms with E-state index in [2.05, 4.69) is 15.4 Å². The maximum atomic E-state index is 5.58. The molecule has 0 aliphatic carbocycles. The molecule has 3 N–H and O–H groups in total. The SMILES string of the molecule is COc1cncc(C(NN)c2csc(C)n2)c1. The van der Waals surface area contributed by atoms with Crippen LogP contribution in [0, 0.1) is 6.92 Å². The molecule has 17 heavy (non-hydrogen) atoms. The van der Waals surface area contributed by atoms with Crippen molar-refractivity contribution in [3.63, 3.8) is 0 Å². The van der Waals surface area contributed by atoms with Gasteiger partial charge in [0, 0.05) is 11.6 Å². The molecular formula is C11H14N4OS. The number of hydrogen-bond donors (Lipinski definition) is 2. The van der Waals surface area contributed by atoms with Crippen molar-refractivity contribution in [2.24, 2.45) is 5.84 Å². The van der Waals surface area contributed by atoms with E-state index in [9.17, 15) is 0 Å². The van der Waals surface area contributed by atoms with Crippen LogP contribution in [0.5, 0.6) is 5.75 Å². The second-order valence-electron chi connectivity index (χ2n) is 3.55. The van der Waals surface area contributed by atoms with Crippen LogP contribution in [0.25, 0.3) is 0 Å². The zero-order valence-electron chi connectivity index (χ0n) is 9.68. The Morgan fingerprint density at radius 1 is 1.47 bits per heavy atom. The van der Waals surface area contributed by atoms with E-state index in [0.29, 0.717) is 5.75 Å². The van der Waals surface area contributed by atoms with Crippen LogP contribution < -0.4 is 16.0 Å². The molecule has 5 nitrogen and oxygen atoms in total. The van der Waals surface area contributed by atoms with Crippen molar-refractivity contribution in [2.75, 3.05) is 7.11 Å². The van der Waals surface area contributed by atoms with Gasteiger partial charge in [0.1, 0.15) is 5.75 Å². The topological polar surface area (TPSA) is 73.1 Å². The standard InChI is InChI=1S/C11H14N4OS/c1-7-14-10(6-17-7)11(15-12)8-3-9(16-2)5-13-4-8/h3-6,11,15H,12H2,1-2H3. The van der Waals surface area contributed by atoms with Crippen molar-refractivity contribution in [2.45, 2.75) is 13.0 Å². The van der Waals surface area contributed by atoms with Gasteiger partial charge in [0.2, 0.25) is 0 Å². The molecule has 0 saturated carbocycles. The summed E-state index contributed by atoms with van der Waals surface area (Å²) in [6, 6.07) is 1.73. The molecule has 2 rings (SSSR count). The number of nitrogens with one attached hydrogen (secondary N) is 1. The van der Waals surface area contributed by atoms with Gasteiger partial charge < -0.3 is 4.74 Å². The molecule has 0 aliphatic heterocycles. The summed E-state index contributed by atoms with van der Waals surface area (Å²) in [5.74, 6) is 6.29. The van der Waals surface area contributed by atoms with Gasteiger partial charge in [-0.2, -0.15) is 0 Å². The Bertz CT molecular complexity index is 500. The average molecular weight is 250 g/mol. The number of hydrazine groups is 1. The van der Waals surface area contributed by atoms with E-state index in [1.807, 2.05) is 18.4 Å². The molecule has 1 atom stereocenters. The fraction of sp³-hybridized carbons (Fsp3) is 0.273. The first-order valence-electron chi connectivity index (χ1n) is 5.11. The van der Waals surface area contributed by atoms with E-state index >= 15 is 0 Å². The van der Waals surface area contributed by atoms with Gasteiger partial charge in [0.05, 0.1) is 30.1 Å². The van der Waals surface area contributed by atoms with Crippen molar-refractivity contribution < 1.29 is 4.74 Å². The molecule has 2 aromatic rings. The van der Waals surface area contributed by atoms with Crippen molar-refractivity contribution in [3.8, 4) is 5.75 Å². The van der Waals surface area contributed by atoms with Crippen LogP contribution in [-0.4, -0.2) is 17.1 Å². The van der Waals surface area contributed by atoms with Gasteiger partial charge in [-0.05, 0) is 18.6 Å². The Balaban J connectivity index is 2.34. The molecule has 0 fully saturated rings. The van der Waals surface area contributed by atoms with E-state index in [0.717, 1.165) is 16.3 Å². The lowest BCUT2D eigenvalue weighted by atomic mass is 10.1. The fourth-order valence-corrected chi connectivity index (χ4v) is 2.21. The first-order valence-corrected chi connectivity index (χ1v) is 5.99. The van der Waals surface area contributed by atoms with E-state index in [4.69, 9.17) is 10.6 Å². The summed E-state index contributed by atoms with van der Waals surface area (Å²) in [5.41, 5.74) is 4.57. The maximum Gasteiger partial charge on any atom is 0.137 e. The highest BCUT2D eigenvalue weighted by Crippen LogP contribution is 2.24. The predicted octanol–water partition coefficient (Wildman–Crippen LogP) is 1.41. The highest BCUT2D eigenvalue weighted by molar-refractivity contribution is 7.09. The average Bonchev–Trinajstić information content (AvgIpc) is 2.77. The molecule has 2 aromatic heterocycles. The number of rotatable bonds is 4. The molecule has 0 radical (unpaired) electrons. The van der Waals surface area contributed by atoms with Crippen molar-refractivity contribution in [1.29, 1.82) is 0 Å². The third kappa shape index (κ3) is 2.60. The molecule has 90 valence electrons. The second kappa shape index (κ2) is 5.22. The number of aromatic nitrogens is 2. The smallest absolute Gasteiger partial charge is 0.137 e. The quantitative estimate of drug-likeness (QED) is 0.634. The van der Waals surface area contributed by atoms with E-state index in [1.165, 1.54) is 0 Å². The zero-order chi connectivity index (χ0) is 12.3. The van der Waals surface area contributed by atoms with Crippen molar-refractivity contribution in [3.05, 3.63) is 40.1 Å². The molecule has 0 aliphatic rings. The van der Waals surface area contributed by atoms with Crippen LogP contribution in [0.2, 0.25) is 0 Å². The minimum absolute atomic E-state index is 0.164. The van der Waals surface area contributed by atoms with E-state index in [-0.39, 0.29) is 6.04 Å². The largest absolute Gasteiger partial charge is 0.495 e. The number of nitrogens with two attached hydrogens (primary N) is 1. The number of nitrogens with zero attached hydrogens (tertiary/aromatic N) is 2. The molecule has 0 bridgehead atoms. The minimum atomic E-state index is -0.164.